The van der Waals surface area contributed by atoms with Gasteiger partial charge in [0.05, 0.1) is 22.4 Å². The van der Waals surface area contributed by atoms with Crippen LogP contribution in [0.4, 0.5) is 11.4 Å². The SMILES string of the molecule is Cc1cccnc1CN1CCC2(CC1)C(=O)N(c1ccc(-c3ccccc3)cc1)c1ccc(C(=O)O)cc12. The zero-order chi connectivity index (χ0) is 26.3. The molecular weight excluding hydrogens is 474 g/mol. The zero-order valence-corrected chi connectivity index (χ0v) is 21.3. The first-order valence-electron chi connectivity index (χ1n) is 13.0. The molecule has 0 aliphatic carbocycles. The number of aryl methyl sites for hydroxylation is 1. The van der Waals surface area contributed by atoms with Gasteiger partial charge in [-0.1, -0.05) is 48.5 Å². The molecule has 1 N–H and O–H groups in total. The van der Waals surface area contributed by atoms with E-state index in [9.17, 15) is 14.7 Å². The number of anilines is 2. The van der Waals surface area contributed by atoms with Crippen molar-refractivity contribution < 1.29 is 14.7 Å². The molecule has 1 spiro atoms. The fraction of sp³-hybridized carbons (Fsp3) is 0.219. The van der Waals surface area contributed by atoms with Crippen LogP contribution < -0.4 is 4.90 Å². The predicted molar refractivity (Wildman–Crippen MR) is 148 cm³/mol. The van der Waals surface area contributed by atoms with Gasteiger partial charge in [0.25, 0.3) is 0 Å². The minimum atomic E-state index is -0.982. The Bertz CT molecular complexity index is 1510. The molecule has 6 rings (SSSR count). The standard InChI is InChI=1S/C32H29N3O3/c1-22-6-5-17-33-28(22)21-34-18-15-32(16-19-34)27-20-25(30(36)37)11-14-29(27)35(31(32)38)26-12-9-24(10-13-26)23-7-3-2-4-8-23/h2-14,17,20H,15-16,18-19,21H2,1H3,(H,36,37). The number of benzene rings is 3. The first-order chi connectivity index (χ1) is 18.5. The molecule has 190 valence electrons. The van der Waals surface area contributed by atoms with E-state index in [-0.39, 0.29) is 11.5 Å². The molecule has 1 saturated heterocycles. The van der Waals surface area contributed by atoms with Crippen molar-refractivity contribution in [1.82, 2.24) is 9.88 Å². The van der Waals surface area contributed by atoms with Crippen molar-refractivity contribution in [3.8, 4) is 11.1 Å². The first kappa shape index (κ1) is 24.1. The number of carbonyl (C=O) groups is 2. The highest BCUT2D eigenvalue weighted by Gasteiger charge is 2.52. The van der Waals surface area contributed by atoms with Gasteiger partial charge < -0.3 is 5.11 Å². The summed E-state index contributed by atoms with van der Waals surface area (Å²) < 4.78 is 0. The summed E-state index contributed by atoms with van der Waals surface area (Å²) in [5.41, 5.74) is 6.27. The summed E-state index contributed by atoms with van der Waals surface area (Å²) in [4.78, 5) is 34.8. The molecule has 2 aliphatic rings. The van der Waals surface area contributed by atoms with Crippen LogP contribution in [0, 0.1) is 6.92 Å². The summed E-state index contributed by atoms with van der Waals surface area (Å²) in [5, 5.41) is 9.71. The molecule has 0 bridgehead atoms. The van der Waals surface area contributed by atoms with E-state index in [1.54, 1.807) is 23.1 Å². The Hall–Kier alpha value is -4.29. The number of carbonyl (C=O) groups excluding carboxylic acids is 1. The molecule has 1 amide bonds. The number of piperidine rings is 1. The molecule has 6 heteroatoms. The molecule has 3 aromatic carbocycles. The van der Waals surface area contributed by atoms with Crippen LogP contribution in [0.25, 0.3) is 11.1 Å². The number of fused-ring (bicyclic) bond motifs is 2. The molecule has 0 saturated carbocycles. The Labute approximate surface area is 222 Å². The third kappa shape index (κ3) is 4.07. The quantitative estimate of drug-likeness (QED) is 0.363. The van der Waals surface area contributed by atoms with E-state index >= 15 is 0 Å². The third-order valence-electron chi connectivity index (χ3n) is 8.05. The molecule has 1 fully saturated rings. The van der Waals surface area contributed by atoms with E-state index in [4.69, 9.17) is 0 Å². The van der Waals surface area contributed by atoms with Crippen LogP contribution in [0.15, 0.2) is 91.1 Å². The van der Waals surface area contributed by atoms with Gasteiger partial charge in [0.2, 0.25) is 5.91 Å². The van der Waals surface area contributed by atoms with E-state index in [1.165, 1.54) is 0 Å². The fourth-order valence-electron chi connectivity index (χ4n) is 5.85. The molecule has 0 radical (unpaired) electrons. The van der Waals surface area contributed by atoms with Gasteiger partial charge in [-0.25, -0.2) is 4.79 Å². The lowest BCUT2D eigenvalue weighted by atomic mass is 9.73. The number of hydrogen-bond donors (Lipinski definition) is 1. The topological polar surface area (TPSA) is 73.7 Å². The molecule has 6 nitrogen and oxygen atoms in total. The number of pyridine rings is 1. The lowest BCUT2D eigenvalue weighted by Crippen LogP contribution is -2.47. The van der Waals surface area contributed by atoms with Crippen LogP contribution in [0.1, 0.15) is 40.0 Å². The summed E-state index contributed by atoms with van der Waals surface area (Å²) in [6, 6.07) is 27.3. The maximum Gasteiger partial charge on any atom is 0.335 e. The fourth-order valence-corrected chi connectivity index (χ4v) is 5.85. The molecule has 3 heterocycles. The highest BCUT2D eigenvalue weighted by molar-refractivity contribution is 6.13. The minimum Gasteiger partial charge on any atom is -0.478 e. The summed E-state index contributed by atoms with van der Waals surface area (Å²) in [5.74, 6) is -0.958. The van der Waals surface area contributed by atoms with Gasteiger partial charge >= 0.3 is 5.97 Å². The zero-order valence-electron chi connectivity index (χ0n) is 21.3. The van der Waals surface area contributed by atoms with Crippen molar-refractivity contribution >= 4 is 23.3 Å². The van der Waals surface area contributed by atoms with E-state index in [1.807, 2.05) is 54.7 Å². The number of rotatable bonds is 5. The molecule has 38 heavy (non-hydrogen) atoms. The number of carboxylic acids is 1. The maximum absolute atomic E-state index is 14.2. The Morgan fingerprint density at radius 3 is 2.32 bits per heavy atom. The van der Waals surface area contributed by atoms with Crippen molar-refractivity contribution in [2.45, 2.75) is 31.7 Å². The number of aromatic nitrogens is 1. The highest BCUT2D eigenvalue weighted by Crippen LogP contribution is 2.51. The van der Waals surface area contributed by atoms with Crippen LogP contribution in [-0.4, -0.2) is 40.0 Å². The van der Waals surface area contributed by atoms with Gasteiger partial charge in [-0.3, -0.25) is 19.6 Å². The lowest BCUT2D eigenvalue weighted by Gasteiger charge is -2.38. The Morgan fingerprint density at radius 2 is 1.63 bits per heavy atom. The summed E-state index contributed by atoms with van der Waals surface area (Å²) in [6.45, 7) is 4.28. The van der Waals surface area contributed by atoms with E-state index in [0.717, 1.165) is 59.0 Å². The van der Waals surface area contributed by atoms with E-state index in [2.05, 4.69) is 35.0 Å². The van der Waals surface area contributed by atoms with Crippen molar-refractivity contribution in [2.75, 3.05) is 18.0 Å². The molecular formula is C32H29N3O3. The summed E-state index contributed by atoms with van der Waals surface area (Å²) in [6.07, 6.45) is 3.08. The second kappa shape index (κ2) is 9.54. The van der Waals surface area contributed by atoms with Gasteiger partial charge in [0.15, 0.2) is 0 Å². The lowest BCUT2D eigenvalue weighted by molar-refractivity contribution is -0.124. The third-order valence-corrected chi connectivity index (χ3v) is 8.05. The predicted octanol–water partition coefficient (Wildman–Crippen LogP) is 5.97. The van der Waals surface area contributed by atoms with Gasteiger partial charge in [-0.05, 0) is 91.5 Å². The molecule has 4 aromatic rings. The Kier molecular flexibility index (Phi) is 6.04. The van der Waals surface area contributed by atoms with Crippen molar-refractivity contribution in [3.63, 3.8) is 0 Å². The number of nitrogens with zero attached hydrogens (tertiary/aromatic N) is 3. The number of amides is 1. The van der Waals surface area contributed by atoms with Gasteiger partial charge in [-0.15, -0.1) is 0 Å². The summed E-state index contributed by atoms with van der Waals surface area (Å²) >= 11 is 0. The second-order valence-electron chi connectivity index (χ2n) is 10.2. The smallest absolute Gasteiger partial charge is 0.335 e. The van der Waals surface area contributed by atoms with Gasteiger partial charge in [-0.2, -0.15) is 0 Å². The van der Waals surface area contributed by atoms with Crippen LogP contribution in [0.5, 0.6) is 0 Å². The number of hydrogen-bond acceptors (Lipinski definition) is 4. The van der Waals surface area contributed by atoms with Crippen molar-refractivity contribution in [1.29, 1.82) is 0 Å². The summed E-state index contributed by atoms with van der Waals surface area (Å²) in [7, 11) is 0. The Balaban J connectivity index is 1.33. The maximum atomic E-state index is 14.2. The highest BCUT2D eigenvalue weighted by atomic mass is 16.4. The van der Waals surface area contributed by atoms with Crippen LogP contribution >= 0.6 is 0 Å². The monoisotopic (exact) mass is 503 g/mol. The van der Waals surface area contributed by atoms with Crippen molar-refractivity contribution in [3.05, 3.63) is 114 Å². The second-order valence-corrected chi connectivity index (χ2v) is 10.2. The van der Waals surface area contributed by atoms with E-state index < -0.39 is 11.4 Å². The number of likely N-dealkylation sites (tertiary alicyclic amines) is 1. The van der Waals surface area contributed by atoms with Gasteiger partial charge in [0, 0.05) is 18.4 Å². The molecule has 0 atom stereocenters. The largest absolute Gasteiger partial charge is 0.478 e. The van der Waals surface area contributed by atoms with Crippen LogP contribution in [0.2, 0.25) is 0 Å². The molecule has 0 unspecified atom stereocenters. The van der Waals surface area contributed by atoms with E-state index in [0.29, 0.717) is 12.8 Å². The average Bonchev–Trinajstić information content (AvgIpc) is 3.18. The van der Waals surface area contributed by atoms with Crippen LogP contribution in [-0.2, 0) is 16.8 Å². The normalized spacial score (nSPS) is 16.6. The van der Waals surface area contributed by atoms with Crippen molar-refractivity contribution in [2.24, 2.45) is 0 Å². The first-order valence-corrected chi connectivity index (χ1v) is 13.0. The molecule has 1 aromatic heterocycles. The van der Waals surface area contributed by atoms with Crippen LogP contribution in [0.3, 0.4) is 0 Å². The Morgan fingerprint density at radius 1 is 0.921 bits per heavy atom. The van der Waals surface area contributed by atoms with Gasteiger partial charge in [0.1, 0.15) is 0 Å². The number of carboxylic acid groups (broad SMARTS) is 1. The average molecular weight is 504 g/mol. The minimum absolute atomic E-state index is 0.0242. The molecule has 2 aliphatic heterocycles. The number of aromatic carboxylic acids is 1.